The monoisotopic (exact) mass is 392 g/mol. The van der Waals surface area contributed by atoms with E-state index in [2.05, 4.69) is 30.4 Å². The minimum Gasteiger partial charge on any atom is -0.372 e. The van der Waals surface area contributed by atoms with Crippen LogP contribution in [0.4, 0.5) is 39.4 Å². The summed E-state index contributed by atoms with van der Waals surface area (Å²) in [5, 5.41) is 9.43. The van der Waals surface area contributed by atoms with Crippen molar-refractivity contribution in [2.45, 2.75) is 44.7 Å². The number of halogens is 5. The first kappa shape index (κ1) is 19.3. The molecule has 2 aromatic rings. The van der Waals surface area contributed by atoms with Gasteiger partial charge in [-0.2, -0.15) is 32.0 Å². The predicted molar refractivity (Wildman–Crippen MR) is 86.0 cm³/mol. The highest BCUT2D eigenvalue weighted by molar-refractivity contribution is 5.58. The molecule has 2 N–H and O–H groups in total. The summed E-state index contributed by atoms with van der Waals surface area (Å²) in [6.45, 7) is -1.05. The van der Waals surface area contributed by atoms with Gasteiger partial charge in [0.05, 0.1) is 29.7 Å². The predicted octanol–water partition coefficient (Wildman–Crippen LogP) is 3.73. The molecular weight excluding hydrogens is 375 g/mol. The Balaban J connectivity index is 1.71. The van der Waals surface area contributed by atoms with E-state index in [-0.39, 0.29) is 17.8 Å². The van der Waals surface area contributed by atoms with Crippen molar-refractivity contribution in [3.63, 3.8) is 0 Å². The van der Waals surface area contributed by atoms with Gasteiger partial charge in [-0.25, -0.2) is 4.98 Å². The molecule has 2 aromatic heterocycles. The largest absolute Gasteiger partial charge is 0.421 e. The van der Waals surface area contributed by atoms with Gasteiger partial charge in [-0.1, -0.05) is 0 Å². The fourth-order valence-electron chi connectivity index (χ4n) is 2.87. The summed E-state index contributed by atoms with van der Waals surface area (Å²) in [5.41, 5.74) is 0.225. The zero-order valence-electron chi connectivity index (χ0n) is 14.4. The van der Waals surface area contributed by atoms with E-state index in [9.17, 15) is 22.0 Å². The number of nitrogens with zero attached hydrogens (tertiary/aromatic N) is 4. The molecule has 27 heavy (non-hydrogen) atoms. The molecule has 0 radical (unpaired) electrons. The van der Waals surface area contributed by atoms with Crippen LogP contribution in [0.2, 0.25) is 0 Å². The summed E-state index contributed by atoms with van der Waals surface area (Å²) < 4.78 is 69.1. The van der Waals surface area contributed by atoms with Crippen molar-refractivity contribution < 1.29 is 26.7 Å². The average Bonchev–Trinajstić information content (AvgIpc) is 2.90. The Morgan fingerprint density at radius 2 is 1.96 bits per heavy atom. The number of alkyl halides is 5. The van der Waals surface area contributed by atoms with Crippen LogP contribution in [0.25, 0.3) is 0 Å². The van der Waals surface area contributed by atoms with Crippen LogP contribution < -0.4 is 10.6 Å². The maximum atomic E-state index is 12.9. The fraction of sp³-hybridized carbons (Fsp3) is 0.533. The normalized spacial score (nSPS) is 19.9. The molecule has 2 heterocycles. The van der Waals surface area contributed by atoms with Crippen LogP contribution in [0.15, 0.2) is 12.4 Å². The molecule has 0 aromatic carbocycles. The lowest BCUT2D eigenvalue weighted by Crippen LogP contribution is -2.35. The van der Waals surface area contributed by atoms with E-state index in [0.717, 1.165) is 0 Å². The third-order valence-electron chi connectivity index (χ3n) is 4.33. The molecule has 1 fully saturated rings. The number of ether oxygens (including phenoxy) is 1. The van der Waals surface area contributed by atoms with Crippen LogP contribution in [-0.4, -0.2) is 39.5 Å². The number of nitrogens with one attached hydrogen (secondary N) is 2. The van der Waals surface area contributed by atoms with Gasteiger partial charge in [0.15, 0.2) is 0 Å². The molecule has 0 unspecified atom stereocenters. The number of aromatic nitrogens is 4. The summed E-state index contributed by atoms with van der Waals surface area (Å²) in [4.78, 5) is 7.53. The lowest BCUT2D eigenvalue weighted by molar-refractivity contribution is -0.189. The molecule has 0 atom stereocenters. The van der Waals surface area contributed by atoms with Crippen molar-refractivity contribution in [1.29, 1.82) is 0 Å². The van der Waals surface area contributed by atoms with Crippen LogP contribution in [0.1, 0.15) is 30.1 Å². The SMILES string of the molecule is CNc1nc(Nc2cnn([C@H]3C[C@H](OC(F)F)C3)c2C)ncc1C(F)(F)F. The van der Waals surface area contributed by atoms with E-state index in [0.29, 0.717) is 30.4 Å². The van der Waals surface area contributed by atoms with Crippen LogP contribution in [0.5, 0.6) is 0 Å². The smallest absolute Gasteiger partial charge is 0.372 e. The molecule has 1 aliphatic carbocycles. The van der Waals surface area contributed by atoms with Crippen molar-refractivity contribution in [2.24, 2.45) is 0 Å². The minimum atomic E-state index is -4.57. The van der Waals surface area contributed by atoms with Gasteiger partial charge in [-0.3, -0.25) is 4.68 Å². The zero-order valence-corrected chi connectivity index (χ0v) is 14.4. The Morgan fingerprint density at radius 3 is 2.56 bits per heavy atom. The Labute approximate surface area is 150 Å². The molecule has 7 nitrogen and oxygen atoms in total. The van der Waals surface area contributed by atoms with E-state index in [1.807, 2.05) is 0 Å². The fourth-order valence-corrected chi connectivity index (χ4v) is 2.87. The quantitative estimate of drug-likeness (QED) is 0.730. The number of rotatable bonds is 6. The highest BCUT2D eigenvalue weighted by Crippen LogP contribution is 2.37. The molecule has 12 heteroatoms. The number of hydrogen-bond acceptors (Lipinski definition) is 6. The highest BCUT2D eigenvalue weighted by Gasteiger charge is 2.36. The van der Waals surface area contributed by atoms with Crippen LogP contribution in [-0.2, 0) is 10.9 Å². The average molecular weight is 392 g/mol. The Hall–Kier alpha value is -2.50. The first-order chi connectivity index (χ1) is 12.7. The van der Waals surface area contributed by atoms with E-state index in [1.54, 1.807) is 11.6 Å². The van der Waals surface area contributed by atoms with Crippen LogP contribution in [0, 0.1) is 6.92 Å². The third-order valence-corrected chi connectivity index (χ3v) is 4.33. The van der Waals surface area contributed by atoms with E-state index in [4.69, 9.17) is 0 Å². The maximum absolute atomic E-state index is 12.9. The lowest BCUT2D eigenvalue weighted by atomic mass is 9.89. The lowest BCUT2D eigenvalue weighted by Gasteiger charge is -2.35. The Bertz CT molecular complexity index is 802. The Morgan fingerprint density at radius 1 is 1.26 bits per heavy atom. The van der Waals surface area contributed by atoms with Gasteiger partial charge in [0.1, 0.15) is 11.4 Å². The molecular formula is C15H17F5N6O. The molecule has 0 amide bonds. The van der Waals surface area contributed by atoms with Gasteiger partial charge in [0, 0.05) is 13.2 Å². The van der Waals surface area contributed by atoms with Crippen LogP contribution >= 0.6 is 0 Å². The number of hydrogen-bond donors (Lipinski definition) is 2. The molecule has 3 rings (SSSR count). The molecule has 1 saturated carbocycles. The zero-order chi connectivity index (χ0) is 19.8. The first-order valence-corrected chi connectivity index (χ1v) is 8.05. The first-order valence-electron chi connectivity index (χ1n) is 8.05. The molecule has 0 bridgehead atoms. The molecule has 0 saturated heterocycles. The molecule has 0 aliphatic heterocycles. The van der Waals surface area contributed by atoms with Gasteiger partial charge in [-0.15, -0.1) is 0 Å². The summed E-state index contributed by atoms with van der Waals surface area (Å²) in [7, 11) is 1.33. The topological polar surface area (TPSA) is 76.9 Å². The number of anilines is 3. The third kappa shape index (κ3) is 4.10. The summed E-state index contributed by atoms with van der Waals surface area (Å²) in [6.07, 6.45) is -2.08. The van der Waals surface area contributed by atoms with Gasteiger partial charge in [-0.05, 0) is 19.8 Å². The second-order valence-corrected chi connectivity index (χ2v) is 6.06. The van der Waals surface area contributed by atoms with Crippen molar-refractivity contribution in [2.75, 3.05) is 17.7 Å². The van der Waals surface area contributed by atoms with Crippen molar-refractivity contribution in [1.82, 2.24) is 19.7 Å². The molecule has 1 aliphatic rings. The molecule has 0 spiro atoms. The summed E-state index contributed by atoms with van der Waals surface area (Å²) in [5.74, 6) is -0.376. The van der Waals surface area contributed by atoms with Gasteiger partial charge in [0.2, 0.25) is 5.95 Å². The molecule has 148 valence electrons. The summed E-state index contributed by atoms with van der Waals surface area (Å²) in [6, 6.07) is -0.0781. The van der Waals surface area contributed by atoms with Gasteiger partial charge >= 0.3 is 12.8 Å². The van der Waals surface area contributed by atoms with Crippen molar-refractivity contribution >= 4 is 17.5 Å². The highest BCUT2D eigenvalue weighted by atomic mass is 19.4. The second-order valence-electron chi connectivity index (χ2n) is 6.06. The minimum absolute atomic E-state index is 0.0254. The summed E-state index contributed by atoms with van der Waals surface area (Å²) >= 11 is 0. The van der Waals surface area contributed by atoms with Crippen molar-refractivity contribution in [3.8, 4) is 0 Å². The van der Waals surface area contributed by atoms with Gasteiger partial charge < -0.3 is 15.4 Å². The standard InChI is InChI=1S/C15H17F5N6O/c1-7-11(6-23-26(7)8-3-9(4-8)27-13(16)17)24-14-22-5-10(15(18,19)20)12(21-2)25-14/h5-6,8-9,13H,3-4H2,1-2H3,(H2,21,22,24,25)/t8-,9-. The van der Waals surface area contributed by atoms with E-state index >= 15 is 0 Å². The maximum Gasteiger partial charge on any atom is 0.421 e. The van der Waals surface area contributed by atoms with Crippen molar-refractivity contribution in [3.05, 3.63) is 23.7 Å². The second kappa shape index (κ2) is 7.25. The van der Waals surface area contributed by atoms with E-state index < -0.39 is 24.5 Å². The van der Waals surface area contributed by atoms with Gasteiger partial charge in [0.25, 0.3) is 0 Å². The Kier molecular flexibility index (Phi) is 5.18. The van der Waals surface area contributed by atoms with E-state index in [1.165, 1.54) is 13.2 Å². The van der Waals surface area contributed by atoms with Crippen LogP contribution in [0.3, 0.4) is 0 Å².